The average molecular weight is 495 g/mol. The number of rotatable bonds is 12. The summed E-state index contributed by atoms with van der Waals surface area (Å²) in [6.45, 7) is 7.17. The summed E-state index contributed by atoms with van der Waals surface area (Å²) in [5.74, 6) is 0.153. The highest BCUT2D eigenvalue weighted by Gasteiger charge is 2.24. The molecule has 2 aromatic carbocycles. The summed E-state index contributed by atoms with van der Waals surface area (Å²) in [6, 6.07) is 16.4. The lowest BCUT2D eigenvalue weighted by Crippen LogP contribution is -2.43. The Morgan fingerprint density at radius 3 is 2.25 bits per heavy atom. The van der Waals surface area contributed by atoms with Gasteiger partial charge in [0, 0.05) is 12.1 Å². The fourth-order valence-electron chi connectivity index (χ4n) is 3.61. The van der Waals surface area contributed by atoms with E-state index in [2.05, 4.69) is 10.6 Å². The second-order valence-corrected chi connectivity index (χ2v) is 9.64. The van der Waals surface area contributed by atoms with Gasteiger partial charge in [-0.2, -0.15) is 0 Å². The molecule has 0 unspecified atom stereocenters. The van der Waals surface area contributed by atoms with E-state index < -0.39 is 17.7 Å². The van der Waals surface area contributed by atoms with Crippen LogP contribution in [0.15, 0.2) is 66.7 Å². The van der Waals surface area contributed by atoms with Crippen LogP contribution in [-0.2, 0) is 20.7 Å². The Kier molecular flexibility index (Phi) is 11.2. The quantitative estimate of drug-likeness (QED) is 0.369. The smallest absolute Gasteiger partial charge is 0.408 e. The van der Waals surface area contributed by atoms with Crippen LogP contribution in [-0.4, -0.2) is 36.5 Å². The topological polar surface area (TPSA) is 93.7 Å². The Morgan fingerprint density at radius 1 is 1.00 bits per heavy atom. The number of allylic oxidation sites excluding steroid dienone is 1. The number of carbonyl (C=O) groups is 3. The molecule has 0 spiro atoms. The first-order chi connectivity index (χ1) is 17.1. The van der Waals surface area contributed by atoms with Crippen molar-refractivity contribution in [1.29, 1.82) is 0 Å². The van der Waals surface area contributed by atoms with Crippen LogP contribution in [0.25, 0.3) is 0 Å². The van der Waals surface area contributed by atoms with Gasteiger partial charge in [-0.05, 0) is 81.9 Å². The van der Waals surface area contributed by atoms with Crippen LogP contribution in [0.2, 0.25) is 0 Å². The average Bonchev–Trinajstić information content (AvgIpc) is 2.84. The Balaban J connectivity index is 2.06. The van der Waals surface area contributed by atoms with Crippen molar-refractivity contribution in [3.8, 4) is 5.75 Å². The molecular weight excluding hydrogens is 456 g/mol. The number of hydrogen-bond donors (Lipinski definition) is 2. The summed E-state index contributed by atoms with van der Waals surface area (Å²) in [6.07, 6.45) is 4.73. The molecule has 194 valence electrons. The molecule has 36 heavy (non-hydrogen) atoms. The van der Waals surface area contributed by atoms with Gasteiger partial charge in [-0.1, -0.05) is 43.3 Å². The normalized spacial score (nSPS) is 13.0. The molecule has 0 radical (unpaired) electrons. The third-order valence-corrected chi connectivity index (χ3v) is 5.48. The molecule has 7 nitrogen and oxygen atoms in total. The van der Waals surface area contributed by atoms with Gasteiger partial charge in [0.25, 0.3) is 0 Å². The molecule has 0 heterocycles. The van der Waals surface area contributed by atoms with Crippen molar-refractivity contribution < 1.29 is 23.9 Å². The number of Topliss-reactive ketones (excluding diaryl/α,β-unsaturated/α-hetero) is 1. The van der Waals surface area contributed by atoms with Crippen molar-refractivity contribution in [2.24, 2.45) is 5.92 Å². The van der Waals surface area contributed by atoms with E-state index >= 15 is 0 Å². The van der Waals surface area contributed by atoms with Crippen LogP contribution < -0.4 is 15.4 Å². The van der Waals surface area contributed by atoms with Gasteiger partial charge in [0.2, 0.25) is 5.91 Å². The Hall–Kier alpha value is -3.61. The Morgan fingerprint density at radius 2 is 1.67 bits per heavy atom. The second-order valence-electron chi connectivity index (χ2n) is 9.64. The first kappa shape index (κ1) is 28.6. The number of alkyl carbamates (subject to hydrolysis) is 1. The van der Waals surface area contributed by atoms with E-state index in [0.717, 1.165) is 12.0 Å². The summed E-state index contributed by atoms with van der Waals surface area (Å²) in [4.78, 5) is 37.8. The molecular formula is C29H38N2O5. The van der Waals surface area contributed by atoms with Gasteiger partial charge in [0.1, 0.15) is 11.4 Å². The van der Waals surface area contributed by atoms with E-state index in [0.29, 0.717) is 24.3 Å². The van der Waals surface area contributed by atoms with Crippen molar-refractivity contribution in [3.05, 3.63) is 72.3 Å². The lowest BCUT2D eigenvalue weighted by molar-refractivity contribution is -0.122. The number of amides is 2. The molecule has 0 aliphatic carbocycles. The molecule has 2 amide bonds. The molecule has 2 rings (SSSR count). The lowest BCUT2D eigenvalue weighted by atomic mass is 9.91. The largest absolute Gasteiger partial charge is 0.497 e. The van der Waals surface area contributed by atoms with E-state index in [9.17, 15) is 14.4 Å². The first-order valence-corrected chi connectivity index (χ1v) is 12.3. The number of benzene rings is 2. The van der Waals surface area contributed by atoms with E-state index in [4.69, 9.17) is 9.47 Å². The van der Waals surface area contributed by atoms with Gasteiger partial charge >= 0.3 is 6.09 Å². The van der Waals surface area contributed by atoms with Gasteiger partial charge in [-0.3, -0.25) is 9.59 Å². The number of nitrogens with one attached hydrogen (secondary N) is 2. The van der Waals surface area contributed by atoms with E-state index in [1.54, 1.807) is 58.2 Å². The predicted molar refractivity (Wildman–Crippen MR) is 142 cm³/mol. The van der Waals surface area contributed by atoms with Gasteiger partial charge in [0.15, 0.2) is 5.78 Å². The zero-order valence-electron chi connectivity index (χ0n) is 21.9. The molecule has 0 aliphatic rings. The molecule has 0 aliphatic heterocycles. The summed E-state index contributed by atoms with van der Waals surface area (Å²) in [5.41, 5.74) is 1.16. The van der Waals surface area contributed by atoms with Crippen LogP contribution in [0.4, 0.5) is 10.5 Å². The van der Waals surface area contributed by atoms with Crippen molar-refractivity contribution in [1.82, 2.24) is 5.32 Å². The number of ketones is 1. The Labute approximate surface area is 214 Å². The Bertz CT molecular complexity index is 1010. The van der Waals surface area contributed by atoms with Crippen LogP contribution in [0.3, 0.4) is 0 Å². The molecule has 2 N–H and O–H groups in total. The maximum absolute atomic E-state index is 13.1. The molecule has 0 fully saturated rings. The molecule has 0 aromatic heterocycles. The number of methoxy groups -OCH3 is 1. The van der Waals surface area contributed by atoms with Gasteiger partial charge < -0.3 is 20.1 Å². The van der Waals surface area contributed by atoms with Crippen molar-refractivity contribution in [2.75, 3.05) is 12.4 Å². The van der Waals surface area contributed by atoms with Crippen molar-refractivity contribution in [2.45, 2.75) is 65.0 Å². The zero-order valence-corrected chi connectivity index (χ0v) is 21.9. The fourth-order valence-corrected chi connectivity index (χ4v) is 3.61. The maximum atomic E-state index is 13.1. The molecule has 2 atom stereocenters. The molecule has 0 saturated carbocycles. The zero-order chi connectivity index (χ0) is 26.6. The van der Waals surface area contributed by atoms with E-state index in [1.165, 1.54) is 6.08 Å². The van der Waals surface area contributed by atoms with Crippen LogP contribution in [0.5, 0.6) is 5.75 Å². The van der Waals surface area contributed by atoms with E-state index in [-0.39, 0.29) is 24.0 Å². The summed E-state index contributed by atoms with van der Waals surface area (Å²) in [7, 11) is 1.58. The highest BCUT2D eigenvalue weighted by atomic mass is 16.6. The monoisotopic (exact) mass is 494 g/mol. The molecule has 0 bridgehead atoms. The molecule has 2 aromatic rings. The third-order valence-electron chi connectivity index (χ3n) is 5.48. The predicted octanol–water partition coefficient (Wildman–Crippen LogP) is 5.70. The fraction of sp³-hybridized carbons (Fsp3) is 0.414. The molecule has 0 saturated heterocycles. The number of ether oxygens (including phenoxy) is 2. The van der Waals surface area contributed by atoms with Gasteiger partial charge in [-0.15, -0.1) is 0 Å². The third kappa shape index (κ3) is 10.8. The number of anilines is 1. The number of hydrogen-bond acceptors (Lipinski definition) is 5. The second kappa shape index (κ2) is 14.1. The van der Waals surface area contributed by atoms with Crippen LogP contribution >= 0.6 is 0 Å². The lowest BCUT2D eigenvalue weighted by Gasteiger charge is -2.23. The number of aryl methyl sites for hydroxylation is 1. The summed E-state index contributed by atoms with van der Waals surface area (Å²) < 4.78 is 10.4. The van der Waals surface area contributed by atoms with Crippen molar-refractivity contribution in [3.63, 3.8) is 0 Å². The minimum atomic E-state index is -0.652. The van der Waals surface area contributed by atoms with Crippen LogP contribution in [0.1, 0.15) is 52.5 Å². The molecule has 7 heteroatoms. The first-order valence-electron chi connectivity index (χ1n) is 12.3. The van der Waals surface area contributed by atoms with Gasteiger partial charge in [-0.25, -0.2) is 4.79 Å². The summed E-state index contributed by atoms with van der Waals surface area (Å²) in [5, 5.41) is 5.50. The SMILES string of the molecule is CC[C@H](NC(=O)OC(C)(C)C)C(=O)C[C@H](/C=C/C(=O)Nc1ccc(OC)cc1)CCc1ccccc1. The standard InChI is InChI=1S/C29H38N2O5/c1-6-25(31-28(34)36-29(2,3)4)26(32)20-22(13-12-21-10-8-7-9-11-21)14-19-27(33)30-23-15-17-24(35-5)18-16-23/h7-11,14-19,22,25H,6,12-13,20H2,1-5H3,(H,30,33)(H,31,34)/b19-14+/t22-,25-/m0/s1. The van der Waals surface area contributed by atoms with Crippen molar-refractivity contribution >= 4 is 23.5 Å². The number of carbonyl (C=O) groups excluding carboxylic acids is 3. The van der Waals surface area contributed by atoms with Gasteiger partial charge in [0.05, 0.1) is 13.2 Å². The van der Waals surface area contributed by atoms with Crippen LogP contribution in [0, 0.1) is 5.92 Å². The minimum Gasteiger partial charge on any atom is -0.497 e. The minimum absolute atomic E-state index is 0.0957. The maximum Gasteiger partial charge on any atom is 0.408 e. The van der Waals surface area contributed by atoms with E-state index in [1.807, 2.05) is 37.3 Å². The highest BCUT2D eigenvalue weighted by Crippen LogP contribution is 2.19. The summed E-state index contributed by atoms with van der Waals surface area (Å²) >= 11 is 0. The highest BCUT2D eigenvalue weighted by molar-refractivity contribution is 5.99.